The summed E-state index contributed by atoms with van der Waals surface area (Å²) in [6.45, 7) is 5.25. The van der Waals surface area contributed by atoms with Crippen molar-refractivity contribution in [2.24, 2.45) is 5.92 Å². The third kappa shape index (κ3) is 4.23. The average Bonchev–Trinajstić information content (AvgIpc) is 3.09. The highest BCUT2D eigenvalue weighted by molar-refractivity contribution is 5.94. The Balaban J connectivity index is 1.70. The fraction of sp³-hybridized carbons (Fsp3) is 0.421. The number of rotatable bonds is 5. The number of benzene rings is 1. The molecule has 1 fully saturated rings. The van der Waals surface area contributed by atoms with E-state index in [9.17, 15) is 4.79 Å². The highest BCUT2D eigenvalue weighted by Crippen LogP contribution is 2.20. The van der Waals surface area contributed by atoms with Gasteiger partial charge in [0, 0.05) is 5.69 Å². The molecule has 0 spiro atoms. The Morgan fingerprint density at radius 3 is 2.57 bits per heavy atom. The zero-order valence-electron chi connectivity index (χ0n) is 13.6. The minimum Gasteiger partial charge on any atom is -0.467 e. The number of likely N-dealkylation sites (tertiary alicyclic amines) is 1. The van der Waals surface area contributed by atoms with Crippen molar-refractivity contribution < 1.29 is 9.21 Å². The number of piperidine rings is 1. The van der Waals surface area contributed by atoms with Crippen molar-refractivity contribution in [3.05, 3.63) is 54.5 Å². The highest BCUT2D eigenvalue weighted by atomic mass is 16.3. The summed E-state index contributed by atoms with van der Waals surface area (Å²) in [5.74, 6) is 1.70. The molecule has 2 heterocycles. The molecule has 3 rings (SSSR count). The Kier molecular flexibility index (Phi) is 5.13. The predicted molar refractivity (Wildman–Crippen MR) is 91.2 cm³/mol. The van der Waals surface area contributed by atoms with Crippen LogP contribution in [-0.4, -0.2) is 30.4 Å². The number of carbonyl (C=O) groups is 1. The number of para-hydroxylation sites is 1. The first-order chi connectivity index (χ1) is 11.2. The van der Waals surface area contributed by atoms with Crippen LogP contribution in [0.2, 0.25) is 0 Å². The molecule has 122 valence electrons. The summed E-state index contributed by atoms with van der Waals surface area (Å²) in [5.41, 5.74) is 0.916. The lowest BCUT2D eigenvalue weighted by atomic mass is 9.99. The van der Waals surface area contributed by atoms with Gasteiger partial charge < -0.3 is 9.32 Å². The molecule has 1 aliphatic heterocycles. The lowest BCUT2D eigenvalue weighted by Crippen LogP contribution is -2.43. The Hall–Kier alpha value is -2.07. The van der Waals surface area contributed by atoms with Gasteiger partial charge in [0.15, 0.2) is 0 Å². The first kappa shape index (κ1) is 15.8. The van der Waals surface area contributed by atoms with E-state index >= 15 is 0 Å². The number of nitrogens with zero attached hydrogens (tertiary/aromatic N) is 2. The lowest BCUT2D eigenvalue weighted by Gasteiger charge is -2.31. The number of hydrogen-bond donors (Lipinski definition) is 0. The van der Waals surface area contributed by atoms with Crippen LogP contribution < -0.4 is 4.90 Å². The number of furan rings is 1. The summed E-state index contributed by atoms with van der Waals surface area (Å²) >= 11 is 0. The van der Waals surface area contributed by atoms with Crippen molar-refractivity contribution in [1.29, 1.82) is 0 Å². The maximum atomic E-state index is 12.9. The standard InChI is InChI=1S/C19H24N2O2/c1-16-9-11-20(12-10-16)15-19(22)21(14-18-8-5-13-23-18)17-6-3-2-4-7-17/h2-8,13,16H,9-12,14-15H2,1H3. The Labute approximate surface area is 137 Å². The summed E-state index contributed by atoms with van der Waals surface area (Å²) in [4.78, 5) is 16.9. The van der Waals surface area contributed by atoms with Crippen molar-refractivity contribution >= 4 is 11.6 Å². The molecule has 0 N–H and O–H groups in total. The van der Waals surface area contributed by atoms with Gasteiger partial charge in [0.2, 0.25) is 5.91 Å². The average molecular weight is 312 g/mol. The molecule has 0 radical (unpaired) electrons. The summed E-state index contributed by atoms with van der Waals surface area (Å²) in [5, 5.41) is 0. The van der Waals surface area contributed by atoms with Crippen LogP contribution in [0, 0.1) is 5.92 Å². The molecule has 0 atom stereocenters. The van der Waals surface area contributed by atoms with Crippen molar-refractivity contribution in [1.82, 2.24) is 4.90 Å². The molecule has 1 aromatic carbocycles. The Bertz CT molecular complexity index is 602. The van der Waals surface area contributed by atoms with E-state index in [1.165, 1.54) is 12.8 Å². The molecule has 4 nitrogen and oxygen atoms in total. The van der Waals surface area contributed by atoms with Gasteiger partial charge in [0.05, 0.1) is 19.4 Å². The number of amides is 1. The van der Waals surface area contributed by atoms with Gasteiger partial charge in [-0.3, -0.25) is 9.69 Å². The molecule has 23 heavy (non-hydrogen) atoms. The fourth-order valence-corrected chi connectivity index (χ4v) is 2.99. The second kappa shape index (κ2) is 7.47. The van der Waals surface area contributed by atoms with E-state index in [0.29, 0.717) is 13.1 Å². The predicted octanol–water partition coefficient (Wildman–Crippen LogP) is 3.54. The lowest BCUT2D eigenvalue weighted by molar-refractivity contribution is -0.120. The molecule has 0 aliphatic carbocycles. The number of carbonyl (C=O) groups excluding carboxylic acids is 1. The first-order valence-electron chi connectivity index (χ1n) is 8.32. The van der Waals surface area contributed by atoms with Crippen LogP contribution in [0.1, 0.15) is 25.5 Å². The minimum absolute atomic E-state index is 0.127. The molecule has 1 saturated heterocycles. The van der Waals surface area contributed by atoms with Gasteiger partial charge >= 0.3 is 0 Å². The van der Waals surface area contributed by atoms with Crippen LogP contribution in [0.4, 0.5) is 5.69 Å². The maximum Gasteiger partial charge on any atom is 0.241 e. The molecule has 1 aromatic heterocycles. The number of hydrogen-bond acceptors (Lipinski definition) is 3. The van der Waals surface area contributed by atoms with E-state index in [1.54, 1.807) is 6.26 Å². The zero-order chi connectivity index (χ0) is 16.1. The van der Waals surface area contributed by atoms with Crippen LogP contribution in [0.25, 0.3) is 0 Å². The summed E-state index contributed by atoms with van der Waals surface area (Å²) < 4.78 is 5.43. The van der Waals surface area contributed by atoms with E-state index in [0.717, 1.165) is 30.5 Å². The van der Waals surface area contributed by atoms with Crippen molar-refractivity contribution in [3.63, 3.8) is 0 Å². The fourth-order valence-electron chi connectivity index (χ4n) is 2.99. The maximum absolute atomic E-state index is 12.9. The molecule has 0 saturated carbocycles. The van der Waals surface area contributed by atoms with Crippen molar-refractivity contribution in [2.45, 2.75) is 26.3 Å². The van der Waals surface area contributed by atoms with Gasteiger partial charge in [-0.25, -0.2) is 0 Å². The van der Waals surface area contributed by atoms with Gasteiger partial charge in [0.25, 0.3) is 0 Å². The van der Waals surface area contributed by atoms with Gasteiger partial charge in [-0.2, -0.15) is 0 Å². The van der Waals surface area contributed by atoms with Crippen LogP contribution >= 0.6 is 0 Å². The van der Waals surface area contributed by atoms with Gasteiger partial charge in [-0.1, -0.05) is 25.1 Å². The van der Waals surface area contributed by atoms with Crippen molar-refractivity contribution in [3.8, 4) is 0 Å². The monoisotopic (exact) mass is 312 g/mol. The van der Waals surface area contributed by atoms with E-state index in [2.05, 4.69) is 11.8 Å². The summed E-state index contributed by atoms with van der Waals surface area (Å²) in [7, 11) is 0. The molecule has 1 aliphatic rings. The molecule has 0 unspecified atom stereocenters. The molecule has 1 amide bonds. The van der Waals surface area contributed by atoms with Gasteiger partial charge in [-0.15, -0.1) is 0 Å². The van der Waals surface area contributed by atoms with E-state index < -0.39 is 0 Å². The first-order valence-corrected chi connectivity index (χ1v) is 8.32. The highest BCUT2D eigenvalue weighted by Gasteiger charge is 2.22. The van der Waals surface area contributed by atoms with Crippen LogP contribution in [0.5, 0.6) is 0 Å². The molecule has 4 heteroatoms. The van der Waals surface area contributed by atoms with E-state index in [-0.39, 0.29) is 5.91 Å². The van der Waals surface area contributed by atoms with Gasteiger partial charge in [0.1, 0.15) is 5.76 Å². The second-order valence-electron chi connectivity index (χ2n) is 6.35. The topological polar surface area (TPSA) is 36.7 Å². The zero-order valence-corrected chi connectivity index (χ0v) is 13.6. The molecular weight excluding hydrogens is 288 g/mol. The smallest absolute Gasteiger partial charge is 0.241 e. The van der Waals surface area contributed by atoms with E-state index in [4.69, 9.17) is 4.42 Å². The molecular formula is C19H24N2O2. The Morgan fingerprint density at radius 2 is 1.91 bits per heavy atom. The van der Waals surface area contributed by atoms with Crippen LogP contribution in [0.15, 0.2) is 53.1 Å². The van der Waals surface area contributed by atoms with Crippen LogP contribution in [-0.2, 0) is 11.3 Å². The van der Waals surface area contributed by atoms with Crippen LogP contribution in [0.3, 0.4) is 0 Å². The minimum atomic E-state index is 0.127. The van der Waals surface area contributed by atoms with E-state index in [1.807, 2.05) is 47.4 Å². The third-order valence-corrected chi connectivity index (χ3v) is 4.50. The van der Waals surface area contributed by atoms with Crippen molar-refractivity contribution in [2.75, 3.05) is 24.5 Å². The van der Waals surface area contributed by atoms with Gasteiger partial charge in [-0.05, 0) is 56.1 Å². The Morgan fingerprint density at radius 1 is 1.17 bits per heavy atom. The SMILES string of the molecule is CC1CCN(CC(=O)N(Cc2ccco2)c2ccccc2)CC1. The molecule has 0 bridgehead atoms. The summed E-state index contributed by atoms with van der Waals surface area (Å²) in [6.07, 6.45) is 4.00. The summed E-state index contributed by atoms with van der Waals surface area (Å²) in [6, 6.07) is 13.6. The second-order valence-corrected chi connectivity index (χ2v) is 6.35. The quantitative estimate of drug-likeness (QED) is 0.847. The molecule has 2 aromatic rings. The number of anilines is 1. The third-order valence-electron chi connectivity index (χ3n) is 4.50. The largest absolute Gasteiger partial charge is 0.467 e. The normalized spacial score (nSPS) is 16.4.